The highest BCUT2D eigenvalue weighted by Gasteiger charge is 2.33. The van der Waals surface area contributed by atoms with Crippen LogP contribution in [0.15, 0.2) is 42.5 Å². The number of carbonyl (C=O) groups excluding carboxylic acids is 1. The molecule has 2 aromatic carbocycles. The number of carbonyl (C=O) groups is 1. The Morgan fingerprint density at radius 2 is 1.73 bits per heavy atom. The number of ether oxygens (including phenoxy) is 1. The van der Waals surface area contributed by atoms with Gasteiger partial charge in [-0.25, -0.2) is 0 Å². The molecular weight excluding hydrogens is 369 g/mol. The summed E-state index contributed by atoms with van der Waals surface area (Å²) < 4.78 is 44.0. The molecule has 0 spiro atoms. The van der Waals surface area contributed by atoms with Crippen LogP contribution in [0.5, 0.6) is 5.75 Å². The molecular formula is C18H18ClF3N2O2. The Hall–Kier alpha value is -2.41. The van der Waals surface area contributed by atoms with E-state index in [1.165, 1.54) is 6.07 Å². The van der Waals surface area contributed by atoms with Gasteiger partial charge in [0.05, 0.1) is 23.2 Å². The molecule has 4 nitrogen and oxygen atoms in total. The van der Waals surface area contributed by atoms with Crippen molar-refractivity contribution in [3.8, 4) is 5.75 Å². The second-order valence-corrected chi connectivity index (χ2v) is 6.19. The maximum atomic E-state index is 12.8. The van der Waals surface area contributed by atoms with Crippen LogP contribution in [0.4, 0.5) is 24.5 Å². The first-order valence-corrected chi connectivity index (χ1v) is 8.20. The monoisotopic (exact) mass is 386 g/mol. The standard InChI is InChI=1S/C18H18ClF3N2O2/c1-11(2)26-14-6-3-12(4-7-14)24-17(25)10-23-13-5-8-16(19)15(9-13)18(20,21)22/h3-9,11,23H,10H2,1-2H3,(H,24,25). The van der Waals surface area contributed by atoms with Gasteiger partial charge < -0.3 is 15.4 Å². The van der Waals surface area contributed by atoms with E-state index in [0.717, 1.165) is 12.1 Å². The molecule has 0 saturated heterocycles. The van der Waals surface area contributed by atoms with E-state index in [9.17, 15) is 18.0 Å². The Morgan fingerprint density at radius 1 is 1.12 bits per heavy atom. The van der Waals surface area contributed by atoms with Crippen LogP contribution in [0, 0.1) is 0 Å². The zero-order chi connectivity index (χ0) is 19.3. The third-order valence-corrected chi connectivity index (χ3v) is 3.56. The Morgan fingerprint density at radius 3 is 2.31 bits per heavy atom. The zero-order valence-corrected chi connectivity index (χ0v) is 14.9. The molecule has 1 amide bonds. The number of alkyl halides is 3. The summed E-state index contributed by atoms with van der Waals surface area (Å²) in [5.74, 6) is 0.281. The molecule has 0 aliphatic rings. The summed E-state index contributed by atoms with van der Waals surface area (Å²) in [5.41, 5.74) is -0.247. The van der Waals surface area contributed by atoms with Crippen LogP contribution in [0.3, 0.4) is 0 Å². The van der Waals surface area contributed by atoms with Crippen molar-refractivity contribution in [2.24, 2.45) is 0 Å². The fourth-order valence-corrected chi connectivity index (χ4v) is 2.35. The van der Waals surface area contributed by atoms with Crippen molar-refractivity contribution in [2.45, 2.75) is 26.1 Å². The van der Waals surface area contributed by atoms with E-state index in [0.29, 0.717) is 11.4 Å². The highest BCUT2D eigenvalue weighted by molar-refractivity contribution is 6.31. The summed E-state index contributed by atoms with van der Waals surface area (Å²) in [5, 5.41) is 4.90. The molecule has 0 fully saturated rings. The molecule has 0 aromatic heterocycles. The van der Waals surface area contributed by atoms with Crippen molar-refractivity contribution in [1.29, 1.82) is 0 Å². The number of benzene rings is 2. The lowest BCUT2D eigenvalue weighted by molar-refractivity contribution is -0.137. The smallest absolute Gasteiger partial charge is 0.417 e. The maximum absolute atomic E-state index is 12.8. The van der Waals surface area contributed by atoms with E-state index in [1.54, 1.807) is 24.3 Å². The number of hydrogen-bond acceptors (Lipinski definition) is 3. The van der Waals surface area contributed by atoms with Crippen LogP contribution in [0.1, 0.15) is 19.4 Å². The number of anilines is 2. The summed E-state index contributed by atoms with van der Waals surface area (Å²) in [4.78, 5) is 11.9. The molecule has 0 unspecified atom stereocenters. The minimum absolute atomic E-state index is 0.0422. The van der Waals surface area contributed by atoms with Crippen molar-refractivity contribution < 1.29 is 22.7 Å². The highest BCUT2D eigenvalue weighted by atomic mass is 35.5. The topological polar surface area (TPSA) is 50.4 Å². The molecule has 0 aliphatic carbocycles. The molecule has 0 aliphatic heterocycles. The van der Waals surface area contributed by atoms with Gasteiger partial charge in [0.15, 0.2) is 0 Å². The maximum Gasteiger partial charge on any atom is 0.417 e. The van der Waals surface area contributed by atoms with E-state index < -0.39 is 22.7 Å². The average Bonchev–Trinajstić information content (AvgIpc) is 2.54. The first-order valence-electron chi connectivity index (χ1n) is 7.82. The van der Waals surface area contributed by atoms with Crippen molar-refractivity contribution in [3.63, 3.8) is 0 Å². The van der Waals surface area contributed by atoms with Crippen LogP contribution < -0.4 is 15.4 Å². The van der Waals surface area contributed by atoms with Crippen LogP contribution in [-0.2, 0) is 11.0 Å². The molecule has 8 heteroatoms. The van der Waals surface area contributed by atoms with Gasteiger partial charge in [-0.05, 0) is 56.3 Å². The number of halogens is 4. The van der Waals surface area contributed by atoms with Crippen LogP contribution in [-0.4, -0.2) is 18.6 Å². The van der Waals surface area contributed by atoms with Crippen LogP contribution >= 0.6 is 11.6 Å². The lowest BCUT2D eigenvalue weighted by Crippen LogP contribution is -2.22. The SMILES string of the molecule is CC(C)Oc1ccc(NC(=O)CNc2ccc(Cl)c(C(F)(F)F)c2)cc1. The minimum Gasteiger partial charge on any atom is -0.491 e. The molecule has 2 N–H and O–H groups in total. The highest BCUT2D eigenvalue weighted by Crippen LogP contribution is 2.36. The quantitative estimate of drug-likeness (QED) is 0.717. The van der Waals surface area contributed by atoms with Gasteiger partial charge in [-0.15, -0.1) is 0 Å². The normalized spacial score (nSPS) is 11.3. The van der Waals surface area contributed by atoms with E-state index >= 15 is 0 Å². The predicted octanol–water partition coefficient (Wildman–Crippen LogP) is 5.20. The van der Waals surface area contributed by atoms with E-state index in [1.807, 2.05) is 13.8 Å². The minimum atomic E-state index is -4.56. The number of nitrogens with one attached hydrogen (secondary N) is 2. The van der Waals surface area contributed by atoms with Gasteiger partial charge in [0.1, 0.15) is 5.75 Å². The number of amides is 1. The van der Waals surface area contributed by atoms with Crippen molar-refractivity contribution >= 4 is 28.9 Å². The van der Waals surface area contributed by atoms with Gasteiger partial charge >= 0.3 is 6.18 Å². The molecule has 2 rings (SSSR count). The summed E-state index contributed by atoms with van der Waals surface area (Å²) in [6.45, 7) is 3.62. The number of hydrogen-bond donors (Lipinski definition) is 2. The van der Waals surface area contributed by atoms with Gasteiger partial charge in [-0.1, -0.05) is 11.6 Å². The molecule has 0 atom stereocenters. The second-order valence-electron chi connectivity index (χ2n) is 5.79. The van der Waals surface area contributed by atoms with Crippen LogP contribution in [0.2, 0.25) is 5.02 Å². The zero-order valence-electron chi connectivity index (χ0n) is 14.2. The van der Waals surface area contributed by atoms with Gasteiger partial charge in [-0.2, -0.15) is 13.2 Å². The van der Waals surface area contributed by atoms with Gasteiger partial charge in [-0.3, -0.25) is 4.79 Å². The summed E-state index contributed by atoms with van der Waals surface area (Å²) in [7, 11) is 0. The summed E-state index contributed by atoms with van der Waals surface area (Å²) in [6, 6.07) is 10.2. The second kappa shape index (κ2) is 8.31. The largest absolute Gasteiger partial charge is 0.491 e. The van der Waals surface area contributed by atoms with Crippen LogP contribution in [0.25, 0.3) is 0 Å². The van der Waals surface area contributed by atoms with Crippen molar-refractivity contribution in [1.82, 2.24) is 0 Å². The van der Waals surface area contributed by atoms with Crippen molar-refractivity contribution in [2.75, 3.05) is 17.2 Å². The fourth-order valence-electron chi connectivity index (χ4n) is 2.13. The Kier molecular flexibility index (Phi) is 6.37. The molecule has 0 bridgehead atoms. The molecule has 2 aromatic rings. The fraction of sp³-hybridized carbons (Fsp3) is 0.278. The Bertz CT molecular complexity index is 762. The number of rotatable bonds is 6. The van der Waals surface area contributed by atoms with Gasteiger partial charge in [0.25, 0.3) is 0 Å². The first-order chi connectivity index (χ1) is 12.1. The molecule has 26 heavy (non-hydrogen) atoms. The van der Waals surface area contributed by atoms with E-state index in [-0.39, 0.29) is 18.3 Å². The average molecular weight is 387 g/mol. The van der Waals surface area contributed by atoms with Gasteiger partial charge in [0, 0.05) is 11.4 Å². The Labute approximate surface area is 154 Å². The summed E-state index contributed by atoms with van der Waals surface area (Å²) >= 11 is 5.56. The molecule has 0 saturated carbocycles. The van der Waals surface area contributed by atoms with E-state index in [2.05, 4.69) is 10.6 Å². The lowest BCUT2D eigenvalue weighted by atomic mass is 10.2. The molecule has 140 valence electrons. The first kappa shape index (κ1) is 19.9. The van der Waals surface area contributed by atoms with Crippen molar-refractivity contribution in [3.05, 3.63) is 53.1 Å². The lowest BCUT2D eigenvalue weighted by Gasteiger charge is -2.13. The third kappa shape index (κ3) is 5.84. The third-order valence-electron chi connectivity index (χ3n) is 3.23. The van der Waals surface area contributed by atoms with E-state index in [4.69, 9.17) is 16.3 Å². The predicted molar refractivity (Wildman–Crippen MR) is 95.8 cm³/mol. The molecule has 0 heterocycles. The Balaban J connectivity index is 1.93. The van der Waals surface area contributed by atoms with Gasteiger partial charge in [0.2, 0.25) is 5.91 Å². The summed E-state index contributed by atoms with van der Waals surface area (Å²) in [6.07, 6.45) is -4.52. The molecule has 0 radical (unpaired) electrons.